The van der Waals surface area contributed by atoms with Crippen molar-refractivity contribution in [1.29, 1.82) is 0 Å². The van der Waals surface area contributed by atoms with Crippen LogP contribution in [-0.2, 0) is 10.2 Å². The molecule has 124 valence electrons. The lowest BCUT2D eigenvalue weighted by atomic mass is 9.75. The van der Waals surface area contributed by atoms with Gasteiger partial charge in [0.1, 0.15) is 5.82 Å². The molecule has 1 aliphatic heterocycles. The number of carbonyl (C=O) groups excluding carboxylic acids is 2. The molecule has 24 heavy (non-hydrogen) atoms. The minimum atomic E-state index is -0.722. The highest BCUT2D eigenvalue weighted by Crippen LogP contribution is 2.44. The monoisotopic (exact) mass is 325 g/mol. The summed E-state index contributed by atoms with van der Waals surface area (Å²) in [5.41, 5.74) is 1.60. The summed E-state index contributed by atoms with van der Waals surface area (Å²) in [4.78, 5) is 27.1. The van der Waals surface area contributed by atoms with Crippen LogP contribution >= 0.6 is 0 Å². The molecule has 2 aromatic carbocycles. The highest BCUT2D eigenvalue weighted by Gasteiger charge is 2.47. The van der Waals surface area contributed by atoms with Gasteiger partial charge in [0.05, 0.1) is 5.41 Å². The first-order valence-electron chi connectivity index (χ1n) is 8.02. The lowest BCUT2D eigenvalue weighted by molar-refractivity contribution is -0.122. The van der Waals surface area contributed by atoms with Gasteiger partial charge < -0.3 is 4.90 Å². The molecule has 2 aromatic rings. The topological polar surface area (TPSA) is 37.4 Å². The van der Waals surface area contributed by atoms with Gasteiger partial charge in [0.15, 0.2) is 5.78 Å². The van der Waals surface area contributed by atoms with Crippen LogP contribution < -0.4 is 4.90 Å². The molecule has 1 amide bonds. The largest absolute Gasteiger partial charge is 0.314 e. The normalized spacial score (nSPS) is 20.8. The van der Waals surface area contributed by atoms with Gasteiger partial charge in [-0.3, -0.25) is 9.59 Å². The van der Waals surface area contributed by atoms with Crippen molar-refractivity contribution in [2.24, 2.45) is 5.92 Å². The number of fused-ring (bicyclic) bond motifs is 1. The van der Waals surface area contributed by atoms with Crippen LogP contribution in [0.25, 0.3) is 0 Å². The Morgan fingerprint density at radius 3 is 2.46 bits per heavy atom. The van der Waals surface area contributed by atoms with E-state index in [1.54, 1.807) is 11.9 Å². The van der Waals surface area contributed by atoms with Crippen LogP contribution in [0, 0.1) is 11.7 Å². The molecule has 0 saturated heterocycles. The molecule has 0 spiro atoms. The lowest BCUT2D eigenvalue weighted by Crippen LogP contribution is -2.38. The molecule has 2 atom stereocenters. The number of benzene rings is 2. The van der Waals surface area contributed by atoms with E-state index >= 15 is 0 Å². The summed E-state index contributed by atoms with van der Waals surface area (Å²) in [6.45, 7) is 3.72. The molecule has 3 nitrogen and oxygen atoms in total. The van der Waals surface area contributed by atoms with Gasteiger partial charge in [-0.2, -0.15) is 0 Å². The van der Waals surface area contributed by atoms with Crippen LogP contribution in [0.2, 0.25) is 0 Å². The van der Waals surface area contributed by atoms with Gasteiger partial charge in [0.2, 0.25) is 5.91 Å². The number of likely N-dealkylation sites (N-methyl/N-ethyl adjacent to an activating group) is 1. The Labute approximate surface area is 141 Å². The zero-order valence-corrected chi connectivity index (χ0v) is 14.0. The predicted octanol–water partition coefficient (Wildman–Crippen LogP) is 3.97. The molecule has 0 N–H and O–H groups in total. The fourth-order valence-electron chi connectivity index (χ4n) is 3.63. The molecule has 0 fully saturated rings. The van der Waals surface area contributed by atoms with Gasteiger partial charge in [-0.15, -0.1) is 0 Å². The third kappa shape index (κ3) is 2.52. The number of rotatable bonds is 4. The van der Waals surface area contributed by atoms with Crippen molar-refractivity contribution in [2.75, 3.05) is 11.9 Å². The van der Waals surface area contributed by atoms with Crippen LogP contribution in [0.1, 0.15) is 36.2 Å². The smallest absolute Gasteiger partial charge is 0.237 e. The van der Waals surface area contributed by atoms with Crippen molar-refractivity contribution < 1.29 is 14.0 Å². The number of ketones is 1. The van der Waals surface area contributed by atoms with E-state index in [0.717, 1.165) is 11.3 Å². The fraction of sp³-hybridized carbons (Fsp3) is 0.300. The number of Topliss-reactive ketones (excluding diaryl/α,β-unsaturated/α-hetero) is 1. The number of amides is 1. The second kappa shape index (κ2) is 5.86. The second-order valence-corrected chi connectivity index (χ2v) is 6.69. The molecule has 1 heterocycles. The van der Waals surface area contributed by atoms with Crippen molar-refractivity contribution in [3.05, 3.63) is 65.5 Å². The van der Waals surface area contributed by atoms with Gasteiger partial charge in [-0.25, -0.2) is 4.39 Å². The summed E-state index contributed by atoms with van der Waals surface area (Å²) in [6, 6.07) is 13.2. The zero-order chi connectivity index (χ0) is 17.5. The summed E-state index contributed by atoms with van der Waals surface area (Å²) in [5, 5.41) is 0. The minimum Gasteiger partial charge on any atom is -0.314 e. The van der Waals surface area contributed by atoms with Gasteiger partial charge in [0, 0.05) is 24.2 Å². The zero-order valence-electron chi connectivity index (χ0n) is 14.0. The third-order valence-corrected chi connectivity index (χ3v) is 4.93. The Hall–Kier alpha value is -2.49. The number of anilines is 1. The molecule has 1 aliphatic rings. The molecule has 4 heteroatoms. The van der Waals surface area contributed by atoms with E-state index in [9.17, 15) is 14.0 Å². The molecule has 0 saturated carbocycles. The summed E-state index contributed by atoms with van der Waals surface area (Å²) in [5.74, 6) is -0.782. The summed E-state index contributed by atoms with van der Waals surface area (Å²) in [6.07, 6.45) is 0.420. The highest BCUT2D eigenvalue weighted by molar-refractivity contribution is 6.08. The Morgan fingerprint density at radius 2 is 1.79 bits per heavy atom. The fourth-order valence-corrected chi connectivity index (χ4v) is 3.63. The Kier molecular flexibility index (Phi) is 3.99. The first-order chi connectivity index (χ1) is 11.3. The number of nitrogens with zero attached hydrogens (tertiary/aromatic N) is 1. The quantitative estimate of drug-likeness (QED) is 0.798. The SMILES string of the molecule is CC(CC1(C)C(=O)N(C)c2ccccc21)C(=O)c1ccc(F)cc1. The number of hydrogen-bond donors (Lipinski definition) is 0. The number of halogens is 1. The maximum absolute atomic E-state index is 13.0. The van der Waals surface area contributed by atoms with Crippen LogP contribution in [0.4, 0.5) is 10.1 Å². The Bertz CT molecular complexity index is 800. The molecule has 0 radical (unpaired) electrons. The molecule has 2 unspecified atom stereocenters. The molecule has 0 aliphatic carbocycles. The number of hydrogen-bond acceptors (Lipinski definition) is 2. The highest BCUT2D eigenvalue weighted by atomic mass is 19.1. The Morgan fingerprint density at radius 1 is 1.17 bits per heavy atom. The minimum absolute atomic E-state index is 0.00227. The third-order valence-electron chi connectivity index (χ3n) is 4.93. The second-order valence-electron chi connectivity index (χ2n) is 6.69. The summed E-state index contributed by atoms with van der Waals surface area (Å²) in [7, 11) is 1.76. The molecule has 0 bridgehead atoms. The first-order valence-corrected chi connectivity index (χ1v) is 8.02. The van der Waals surface area contributed by atoms with Crippen LogP contribution in [0.5, 0.6) is 0 Å². The van der Waals surface area contributed by atoms with E-state index in [0.29, 0.717) is 12.0 Å². The molecule has 0 aromatic heterocycles. The van der Waals surface area contributed by atoms with E-state index in [-0.39, 0.29) is 23.4 Å². The van der Waals surface area contributed by atoms with Crippen LogP contribution in [0.3, 0.4) is 0 Å². The van der Waals surface area contributed by atoms with Crippen LogP contribution in [0.15, 0.2) is 48.5 Å². The van der Waals surface area contributed by atoms with Crippen molar-refractivity contribution in [2.45, 2.75) is 25.7 Å². The van der Waals surface area contributed by atoms with E-state index in [4.69, 9.17) is 0 Å². The van der Waals surface area contributed by atoms with E-state index < -0.39 is 5.41 Å². The standard InChI is InChI=1S/C20H20FNO2/c1-13(18(23)14-8-10-15(21)11-9-14)12-20(2)16-6-4-5-7-17(16)22(3)19(20)24/h4-11,13H,12H2,1-3H3. The predicted molar refractivity (Wildman–Crippen MR) is 91.7 cm³/mol. The first kappa shape index (κ1) is 16.4. The maximum atomic E-state index is 13.0. The van der Waals surface area contributed by atoms with E-state index in [2.05, 4.69) is 0 Å². The summed E-state index contributed by atoms with van der Waals surface area (Å²) >= 11 is 0. The van der Waals surface area contributed by atoms with Crippen LogP contribution in [-0.4, -0.2) is 18.7 Å². The molecular weight excluding hydrogens is 305 g/mol. The molecular formula is C20H20FNO2. The van der Waals surface area contributed by atoms with Gasteiger partial charge in [0.25, 0.3) is 0 Å². The van der Waals surface area contributed by atoms with Crippen molar-refractivity contribution in [3.63, 3.8) is 0 Å². The van der Waals surface area contributed by atoms with E-state index in [1.807, 2.05) is 38.1 Å². The van der Waals surface area contributed by atoms with E-state index in [1.165, 1.54) is 24.3 Å². The summed E-state index contributed by atoms with van der Waals surface area (Å²) < 4.78 is 13.0. The van der Waals surface area contributed by atoms with Gasteiger partial charge in [-0.1, -0.05) is 25.1 Å². The maximum Gasteiger partial charge on any atom is 0.237 e. The average Bonchev–Trinajstić information content (AvgIpc) is 2.77. The van der Waals surface area contributed by atoms with Crippen molar-refractivity contribution in [3.8, 4) is 0 Å². The van der Waals surface area contributed by atoms with Gasteiger partial charge in [-0.05, 0) is 49.2 Å². The van der Waals surface area contributed by atoms with Crippen molar-refractivity contribution >= 4 is 17.4 Å². The Balaban J connectivity index is 1.88. The molecule has 3 rings (SSSR count). The number of para-hydroxylation sites is 1. The lowest BCUT2D eigenvalue weighted by Gasteiger charge is -2.26. The van der Waals surface area contributed by atoms with Crippen molar-refractivity contribution in [1.82, 2.24) is 0 Å². The van der Waals surface area contributed by atoms with Gasteiger partial charge >= 0.3 is 0 Å². The average molecular weight is 325 g/mol. The number of carbonyl (C=O) groups is 2.